The standard InChI is InChI=1S/C22H34O2/c1-2-3-4-5-6-7-8-9-10-11-12-16-20-18-19-15-13-14-17-21(19)22(23)24-20/h13-15,17,20H,2-12,16,18H2,1H3. The topological polar surface area (TPSA) is 26.3 Å². The molecule has 2 rings (SSSR count). The van der Waals surface area contributed by atoms with Gasteiger partial charge in [-0.3, -0.25) is 0 Å². The summed E-state index contributed by atoms with van der Waals surface area (Å²) in [5, 5.41) is 0. The molecule has 0 spiro atoms. The lowest BCUT2D eigenvalue weighted by molar-refractivity contribution is 0.0232. The predicted octanol–water partition coefficient (Wildman–Crippen LogP) is 6.47. The van der Waals surface area contributed by atoms with E-state index in [1.165, 1.54) is 70.6 Å². The summed E-state index contributed by atoms with van der Waals surface area (Å²) in [5.74, 6) is -0.134. The van der Waals surface area contributed by atoms with Gasteiger partial charge in [0.25, 0.3) is 0 Å². The highest BCUT2D eigenvalue weighted by molar-refractivity contribution is 5.92. The molecule has 134 valence electrons. The zero-order chi connectivity index (χ0) is 17.0. The van der Waals surface area contributed by atoms with Crippen LogP contribution >= 0.6 is 0 Å². The van der Waals surface area contributed by atoms with Crippen LogP contribution in [0.25, 0.3) is 0 Å². The van der Waals surface area contributed by atoms with Gasteiger partial charge in [0.1, 0.15) is 6.10 Å². The molecule has 24 heavy (non-hydrogen) atoms. The lowest BCUT2D eigenvalue weighted by atomic mass is 9.95. The molecule has 1 unspecified atom stereocenters. The fourth-order valence-electron chi connectivity index (χ4n) is 3.60. The molecular weight excluding hydrogens is 296 g/mol. The number of hydrogen-bond acceptors (Lipinski definition) is 2. The van der Waals surface area contributed by atoms with Crippen LogP contribution in [-0.2, 0) is 11.2 Å². The summed E-state index contributed by atoms with van der Waals surface area (Å²) >= 11 is 0. The van der Waals surface area contributed by atoms with Gasteiger partial charge in [-0.25, -0.2) is 4.79 Å². The first-order valence-corrected chi connectivity index (χ1v) is 10.1. The van der Waals surface area contributed by atoms with Gasteiger partial charge in [0.2, 0.25) is 0 Å². The third-order valence-corrected chi connectivity index (χ3v) is 5.09. The number of hydrogen-bond donors (Lipinski definition) is 0. The molecule has 0 N–H and O–H groups in total. The highest BCUT2D eigenvalue weighted by atomic mass is 16.5. The summed E-state index contributed by atoms with van der Waals surface area (Å²) < 4.78 is 5.57. The van der Waals surface area contributed by atoms with Crippen LogP contribution < -0.4 is 0 Å². The molecule has 1 heterocycles. The van der Waals surface area contributed by atoms with E-state index in [1.54, 1.807) is 0 Å². The van der Waals surface area contributed by atoms with Gasteiger partial charge in [0.15, 0.2) is 0 Å². The number of fused-ring (bicyclic) bond motifs is 1. The minimum atomic E-state index is -0.134. The third-order valence-electron chi connectivity index (χ3n) is 5.09. The fraction of sp³-hybridized carbons (Fsp3) is 0.682. The third kappa shape index (κ3) is 6.67. The van der Waals surface area contributed by atoms with E-state index < -0.39 is 0 Å². The summed E-state index contributed by atoms with van der Waals surface area (Å²) in [6, 6.07) is 7.85. The van der Waals surface area contributed by atoms with Crippen molar-refractivity contribution in [2.75, 3.05) is 0 Å². The zero-order valence-corrected chi connectivity index (χ0v) is 15.4. The van der Waals surface area contributed by atoms with Crippen molar-refractivity contribution < 1.29 is 9.53 Å². The molecule has 1 aromatic carbocycles. The molecule has 0 bridgehead atoms. The Morgan fingerprint density at radius 1 is 0.875 bits per heavy atom. The Kier molecular flexibility index (Phi) is 8.94. The van der Waals surface area contributed by atoms with Gasteiger partial charge >= 0.3 is 5.97 Å². The Bertz CT molecular complexity index is 481. The molecule has 1 aliphatic heterocycles. The average molecular weight is 331 g/mol. The quantitative estimate of drug-likeness (QED) is 0.324. The van der Waals surface area contributed by atoms with Crippen LogP contribution in [0.5, 0.6) is 0 Å². The smallest absolute Gasteiger partial charge is 0.338 e. The second-order valence-electron chi connectivity index (χ2n) is 7.21. The van der Waals surface area contributed by atoms with E-state index >= 15 is 0 Å². The zero-order valence-electron chi connectivity index (χ0n) is 15.4. The molecule has 0 aromatic heterocycles. The number of benzene rings is 1. The van der Waals surface area contributed by atoms with Crippen molar-refractivity contribution in [3.8, 4) is 0 Å². The van der Waals surface area contributed by atoms with Crippen molar-refractivity contribution in [1.82, 2.24) is 0 Å². The van der Waals surface area contributed by atoms with E-state index in [-0.39, 0.29) is 12.1 Å². The van der Waals surface area contributed by atoms with Crippen molar-refractivity contribution in [2.24, 2.45) is 0 Å². The van der Waals surface area contributed by atoms with Crippen molar-refractivity contribution in [1.29, 1.82) is 0 Å². The van der Waals surface area contributed by atoms with Gasteiger partial charge in [0, 0.05) is 6.42 Å². The molecule has 0 saturated heterocycles. The second-order valence-corrected chi connectivity index (χ2v) is 7.21. The number of cyclic esters (lactones) is 1. The normalized spacial score (nSPS) is 16.7. The van der Waals surface area contributed by atoms with Crippen LogP contribution in [0.15, 0.2) is 24.3 Å². The van der Waals surface area contributed by atoms with E-state index in [4.69, 9.17) is 4.74 Å². The van der Waals surface area contributed by atoms with Crippen LogP contribution in [0.3, 0.4) is 0 Å². The molecule has 2 heteroatoms. The van der Waals surface area contributed by atoms with Crippen LogP contribution in [0.1, 0.15) is 99.9 Å². The number of ether oxygens (including phenoxy) is 1. The van der Waals surface area contributed by atoms with E-state index in [0.29, 0.717) is 0 Å². The maximum Gasteiger partial charge on any atom is 0.338 e. The van der Waals surface area contributed by atoms with E-state index in [1.807, 2.05) is 18.2 Å². The largest absolute Gasteiger partial charge is 0.458 e. The highest BCUT2D eigenvalue weighted by Gasteiger charge is 2.25. The van der Waals surface area contributed by atoms with Crippen LogP contribution in [0, 0.1) is 0 Å². The van der Waals surface area contributed by atoms with Crippen LogP contribution in [0.4, 0.5) is 0 Å². The lowest BCUT2D eigenvalue weighted by Crippen LogP contribution is -2.27. The summed E-state index contributed by atoms with van der Waals surface area (Å²) in [6.45, 7) is 2.27. The minimum Gasteiger partial charge on any atom is -0.458 e. The number of carbonyl (C=O) groups is 1. The van der Waals surface area contributed by atoms with Crippen molar-refractivity contribution in [3.05, 3.63) is 35.4 Å². The van der Waals surface area contributed by atoms with Crippen LogP contribution in [0.2, 0.25) is 0 Å². The first kappa shape index (κ1) is 19.0. The number of esters is 1. The van der Waals surface area contributed by atoms with Gasteiger partial charge in [-0.05, 0) is 24.5 Å². The van der Waals surface area contributed by atoms with Crippen LogP contribution in [-0.4, -0.2) is 12.1 Å². The molecule has 0 fully saturated rings. The van der Waals surface area contributed by atoms with Gasteiger partial charge in [0.05, 0.1) is 5.56 Å². The summed E-state index contributed by atoms with van der Waals surface area (Å²) in [6.07, 6.45) is 16.9. The lowest BCUT2D eigenvalue weighted by Gasteiger charge is -2.24. The molecule has 1 atom stereocenters. The second kappa shape index (κ2) is 11.3. The molecule has 0 aliphatic carbocycles. The first-order chi connectivity index (χ1) is 11.8. The Hall–Kier alpha value is -1.31. The monoisotopic (exact) mass is 330 g/mol. The molecular formula is C22H34O2. The van der Waals surface area contributed by atoms with Gasteiger partial charge in [-0.2, -0.15) is 0 Å². The average Bonchev–Trinajstić information content (AvgIpc) is 2.60. The maximum atomic E-state index is 12.0. The Morgan fingerprint density at radius 3 is 2.12 bits per heavy atom. The van der Waals surface area contributed by atoms with Crippen molar-refractivity contribution >= 4 is 5.97 Å². The number of rotatable bonds is 12. The molecule has 1 aliphatic rings. The summed E-state index contributed by atoms with van der Waals surface area (Å²) in [5.41, 5.74) is 1.91. The molecule has 2 nitrogen and oxygen atoms in total. The highest BCUT2D eigenvalue weighted by Crippen LogP contribution is 2.23. The van der Waals surface area contributed by atoms with Gasteiger partial charge < -0.3 is 4.74 Å². The maximum absolute atomic E-state index is 12.0. The molecule has 0 amide bonds. The molecule has 0 saturated carbocycles. The van der Waals surface area contributed by atoms with Gasteiger partial charge in [-0.15, -0.1) is 0 Å². The SMILES string of the molecule is CCCCCCCCCCCCCC1Cc2ccccc2C(=O)O1. The fourth-order valence-corrected chi connectivity index (χ4v) is 3.60. The predicted molar refractivity (Wildman–Crippen MR) is 100 cm³/mol. The Labute approximate surface area is 148 Å². The minimum absolute atomic E-state index is 0.0889. The molecule has 1 aromatic rings. The van der Waals surface area contributed by atoms with Gasteiger partial charge in [-0.1, -0.05) is 89.3 Å². The first-order valence-electron chi connectivity index (χ1n) is 10.1. The van der Waals surface area contributed by atoms with E-state index in [0.717, 1.165) is 24.0 Å². The van der Waals surface area contributed by atoms with E-state index in [2.05, 4.69) is 13.0 Å². The summed E-state index contributed by atoms with van der Waals surface area (Å²) in [7, 11) is 0. The number of unbranched alkanes of at least 4 members (excludes halogenated alkanes) is 10. The Morgan fingerprint density at radius 2 is 1.46 bits per heavy atom. The van der Waals surface area contributed by atoms with E-state index in [9.17, 15) is 4.79 Å². The van der Waals surface area contributed by atoms with Crippen molar-refractivity contribution in [2.45, 2.75) is 96.5 Å². The Balaban J connectivity index is 1.48. The molecule has 0 radical (unpaired) electrons. The summed E-state index contributed by atoms with van der Waals surface area (Å²) in [4.78, 5) is 12.0. The van der Waals surface area contributed by atoms with Crippen molar-refractivity contribution in [3.63, 3.8) is 0 Å². The number of carbonyl (C=O) groups excluding carboxylic acids is 1.